The van der Waals surface area contributed by atoms with E-state index in [0.717, 1.165) is 11.3 Å². The van der Waals surface area contributed by atoms with Gasteiger partial charge in [0.15, 0.2) is 0 Å². The number of nitrogens with two attached hydrogens (primary N) is 1. The summed E-state index contributed by atoms with van der Waals surface area (Å²) in [6.07, 6.45) is 0. The second kappa shape index (κ2) is 6.26. The van der Waals surface area contributed by atoms with Crippen molar-refractivity contribution in [3.05, 3.63) is 53.3 Å². The van der Waals surface area contributed by atoms with Crippen molar-refractivity contribution >= 4 is 23.0 Å². The average Bonchev–Trinajstić information content (AvgIpc) is 2.44. The van der Waals surface area contributed by atoms with Gasteiger partial charge in [-0.2, -0.15) is 0 Å². The fourth-order valence-electron chi connectivity index (χ4n) is 1.92. The van der Waals surface area contributed by atoms with E-state index in [4.69, 9.17) is 10.5 Å². The maximum atomic E-state index is 13.1. The van der Waals surface area contributed by atoms with Gasteiger partial charge in [0.2, 0.25) is 0 Å². The lowest BCUT2D eigenvalue weighted by Gasteiger charge is -2.13. The first-order valence-electron chi connectivity index (χ1n) is 6.61. The quantitative estimate of drug-likeness (QED) is 0.666. The van der Waals surface area contributed by atoms with E-state index in [-0.39, 0.29) is 5.82 Å². The van der Waals surface area contributed by atoms with Crippen molar-refractivity contribution in [2.75, 3.05) is 17.7 Å². The topological polar surface area (TPSA) is 64.3 Å². The number of nitrogens with one attached hydrogen (secondary N) is 1. The van der Waals surface area contributed by atoms with Crippen LogP contribution in [0.25, 0.3) is 0 Å². The Morgan fingerprint density at radius 2 is 2.00 bits per heavy atom. The minimum Gasteiger partial charge on any atom is -0.462 e. The van der Waals surface area contributed by atoms with Crippen molar-refractivity contribution in [2.45, 2.75) is 13.8 Å². The lowest BCUT2D eigenvalue weighted by Crippen LogP contribution is -2.06. The Balaban J connectivity index is 2.30. The number of hydrogen-bond donors (Lipinski definition) is 2. The van der Waals surface area contributed by atoms with Gasteiger partial charge in [-0.05, 0) is 55.8 Å². The lowest BCUT2D eigenvalue weighted by atomic mass is 10.1. The molecular formula is C16H17FN2O2. The molecule has 0 heterocycles. The van der Waals surface area contributed by atoms with Crippen LogP contribution in [0.3, 0.4) is 0 Å². The predicted molar refractivity (Wildman–Crippen MR) is 81.2 cm³/mol. The predicted octanol–water partition coefficient (Wildman–Crippen LogP) is 3.64. The first-order valence-corrected chi connectivity index (χ1v) is 6.61. The van der Waals surface area contributed by atoms with Gasteiger partial charge in [-0.15, -0.1) is 0 Å². The van der Waals surface area contributed by atoms with Gasteiger partial charge < -0.3 is 15.8 Å². The molecule has 0 aromatic heterocycles. The first-order chi connectivity index (χ1) is 10.0. The number of esters is 1. The van der Waals surface area contributed by atoms with Crippen LogP contribution in [-0.2, 0) is 4.74 Å². The summed E-state index contributed by atoms with van der Waals surface area (Å²) < 4.78 is 18.1. The molecule has 0 fully saturated rings. The van der Waals surface area contributed by atoms with E-state index >= 15 is 0 Å². The van der Waals surface area contributed by atoms with Crippen LogP contribution in [0.15, 0.2) is 36.4 Å². The molecule has 0 radical (unpaired) electrons. The molecule has 0 spiro atoms. The number of anilines is 3. The van der Waals surface area contributed by atoms with Crippen LogP contribution in [-0.4, -0.2) is 12.6 Å². The molecule has 0 aliphatic carbocycles. The maximum Gasteiger partial charge on any atom is 0.338 e. The number of nitrogen functional groups attached to an aromatic ring is 1. The van der Waals surface area contributed by atoms with Gasteiger partial charge in [-0.1, -0.05) is 0 Å². The molecular weight excluding hydrogens is 271 g/mol. The third-order valence-corrected chi connectivity index (χ3v) is 3.02. The molecule has 2 rings (SSSR count). The van der Waals surface area contributed by atoms with Crippen molar-refractivity contribution in [2.24, 2.45) is 0 Å². The third kappa shape index (κ3) is 3.51. The van der Waals surface area contributed by atoms with Crippen LogP contribution >= 0.6 is 0 Å². The fraction of sp³-hybridized carbons (Fsp3) is 0.188. The molecule has 3 N–H and O–H groups in total. The summed E-state index contributed by atoms with van der Waals surface area (Å²) >= 11 is 0. The summed E-state index contributed by atoms with van der Waals surface area (Å²) in [5.74, 6) is -0.706. The van der Waals surface area contributed by atoms with E-state index in [1.165, 1.54) is 12.1 Å². The zero-order valence-corrected chi connectivity index (χ0v) is 11.9. The zero-order chi connectivity index (χ0) is 15.4. The van der Waals surface area contributed by atoms with Crippen molar-refractivity contribution < 1.29 is 13.9 Å². The Kier molecular flexibility index (Phi) is 4.42. The molecule has 5 heteroatoms. The zero-order valence-electron chi connectivity index (χ0n) is 11.9. The van der Waals surface area contributed by atoms with Crippen molar-refractivity contribution in [3.63, 3.8) is 0 Å². The highest BCUT2D eigenvalue weighted by molar-refractivity contribution is 5.92. The number of carbonyl (C=O) groups is 1. The van der Waals surface area contributed by atoms with E-state index in [1.807, 2.05) is 0 Å². The standard InChI is InChI=1S/C16H17FN2O2/c1-3-21-16(20)11-4-6-13(18)15(9-11)19-14-7-5-12(17)8-10(14)2/h4-9,19H,3,18H2,1-2H3. The summed E-state index contributed by atoms with van der Waals surface area (Å²) in [6.45, 7) is 3.84. The summed E-state index contributed by atoms with van der Waals surface area (Å²) in [6, 6.07) is 9.27. The number of hydrogen-bond acceptors (Lipinski definition) is 4. The van der Waals surface area contributed by atoms with Crippen LogP contribution in [0.5, 0.6) is 0 Å². The minimum atomic E-state index is -0.406. The molecule has 0 atom stereocenters. The summed E-state index contributed by atoms with van der Waals surface area (Å²) in [5, 5.41) is 3.11. The van der Waals surface area contributed by atoms with E-state index < -0.39 is 5.97 Å². The highest BCUT2D eigenvalue weighted by atomic mass is 19.1. The van der Waals surface area contributed by atoms with Gasteiger partial charge >= 0.3 is 5.97 Å². The average molecular weight is 288 g/mol. The molecule has 110 valence electrons. The van der Waals surface area contributed by atoms with Crippen molar-refractivity contribution in [1.82, 2.24) is 0 Å². The second-order valence-electron chi connectivity index (χ2n) is 4.61. The minimum absolute atomic E-state index is 0.300. The Morgan fingerprint density at radius 1 is 1.24 bits per heavy atom. The van der Waals surface area contributed by atoms with Crippen LogP contribution in [0.1, 0.15) is 22.8 Å². The molecule has 2 aromatic carbocycles. The second-order valence-corrected chi connectivity index (χ2v) is 4.61. The summed E-state index contributed by atoms with van der Waals surface area (Å²) in [5.41, 5.74) is 8.86. The molecule has 0 unspecified atom stereocenters. The Hall–Kier alpha value is -2.56. The smallest absolute Gasteiger partial charge is 0.338 e. The molecule has 0 saturated carbocycles. The number of halogens is 1. The van der Waals surface area contributed by atoms with Gasteiger partial charge in [0.1, 0.15) is 5.82 Å². The normalized spacial score (nSPS) is 10.2. The van der Waals surface area contributed by atoms with Crippen LogP contribution in [0.2, 0.25) is 0 Å². The number of carbonyl (C=O) groups excluding carboxylic acids is 1. The molecule has 4 nitrogen and oxygen atoms in total. The Labute approximate surface area is 122 Å². The van der Waals surface area contributed by atoms with Gasteiger partial charge in [-0.3, -0.25) is 0 Å². The maximum absolute atomic E-state index is 13.1. The SMILES string of the molecule is CCOC(=O)c1ccc(N)c(Nc2ccc(F)cc2C)c1. The van der Waals surface area contributed by atoms with E-state index in [2.05, 4.69) is 5.32 Å². The third-order valence-electron chi connectivity index (χ3n) is 3.02. The Morgan fingerprint density at radius 3 is 2.67 bits per heavy atom. The van der Waals surface area contributed by atoms with Gasteiger partial charge in [-0.25, -0.2) is 9.18 Å². The van der Waals surface area contributed by atoms with Crippen LogP contribution < -0.4 is 11.1 Å². The van der Waals surface area contributed by atoms with Crippen LogP contribution in [0.4, 0.5) is 21.5 Å². The van der Waals surface area contributed by atoms with E-state index in [9.17, 15) is 9.18 Å². The Bertz CT molecular complexity index is 671. The molecule has 0 bridgehead atoms. The molecule has 0 saturated heterocycles. The lowest BCUT2D eigenvalue weighted by molar-refractivity contribution is 0.0526. The van der Waals surface area contributed by atoms with E-state index in [0.29, 0.717) is 23.5 Å². The first kappa shape index (κ1) is 14.8. The van der Waals surface area contributed by atoms with Gasteiger partial charge in [0.25, 0.3) is 0 Å². The summed E-state index contributed by atoms with van der Waals surface area (Å²) in [4.78, 5) is 11.7. The van der Waals surface area contributed by atoms with Crippen LogP contribution in [0, 0.1) is 12.7 Å². The fourth-order valence-corrected chi connectivity index (χ4v) is 1.92. The highest BCUT2D eigenvalue weighted by Crippen LogP contribution is 2.27. The highest BCUT2D eigenvalue weighted by Gasteiger charge is 2.10. The van der Waals surface area contributed by atoms with Gasteiger partial charge in [0.05, 0.1) is 23.5 Å². The molecule has 0 aliphatic rings. The van der Waals surface area contributed by atoms with Crippen molar-refractivity contribution in [1.29, 1.82) is 0 Å². The monoisotopic (exact) mass is 288 g/mol. The molecule has 0 aliphatic heterocycles. The molecule has 0 amide bonds. The summed E-state index contributed by atoms with van der Waals surface area (Å²) in [7, 11) is 0. The molecule has 21 heavy (non-hydrogen) atoms. The molecule has 2 aromatic rings. The largest absolute Gasteiger partial charge is 0.462 e. The van der Waals surface area contributed by atoms with Gasteiger partial charge in [0, 0.05) is 5.69 Å². The number of rotatable bonds is 4. The van der Waals surface area contributed by atoms with E-state index in [1.54, 1.807) is 38.1 Å². The van der Waals surface area contributed by atoms with Crippen molar-refractivity contribution in [3.8, 4) is 0 Å². The number of ether oxygens (including phenoxy) is 1. The number of aryl methyl sites for hydroxylation is 1. The number of benzene rings is 2.